The van der Waals surface area contributed by atoms with Crippen LogP contribution in [0.2, 0.25) is 5.02 Å². The highest BCUT2D eigenvalue weighted by molar-refractivity contribution is 9.10. The van der Waals surface area contributed by atoms with Gasteiger partial charge in [0.25, 0.3) is 0 Å². The Morgan fingerprint density at radius 2 is 1.90 bits per heavy atom. The SMILES string of the molecule is COc1cc(Br)cc(C)c1NCc1ccc(Br)cc1Cl. The lowest BCUT2D eigenvalue weighted by atomic mass is 10.1. The van der Waals surface area contributed by atoms with Crippen LogP contribution >= 0.6 is 43.5 Å². The third-order valence-corrected chi connectivity index (χ3v) is 4.26. The zero-order valence-electron chi connectivity index (χ0n) is 11.1. The third-order valence-electron chi connectivity index (χ3n) is 2.95. The molecule has 2 nitrogen and oxygen atoms in total. The molecular formula is C15H14Br2ClNO. The highest BCUT2D eigenvalue weighted by Crippen LogP contribution is 2.33. The number of benzene rings is 2. The van der Waals surface area contributed by atoms with Gasteiger partial charge in [-0.05, 0) is 42.3 Å². The molecule has 20 heavy (non-hydrogen) atoms. The summed E-state index contributed by atoms with van der Waals surface area (Å²) in [5.74, 6) is 0.810. The lowest BCUT2D eigenvalue weighted by molar-refractivity contribution is 0.416. The molecule has 0 amide bonds. The van der Waals surface area contributed by atoms with Crippen molar-refractivity contribution in [3.8, 4) is 5.75 Å². The standard InChI is InChI=1S/C15H14Br2ClNO/c1-9-5-12(17)7-14(20-2)15(9)19-8-10-3-4-11(16)6-13(10)18/h3-7,19H,8H2,1-2H3. The Balaban J connectivity index is 2.22. The van der Waals surface area contributed by atoms with Crippen molar-refractivity contribution in [2.45, 2.75) is 13.5 Å². The van der Waals surface area contributed by atoms with E-state index >= 15 is 0 Å². The second-order valence-electron chi connectivity index (χ2n) is 4.39. The van der Waals surface area contributed by atoms with Crippen molar-refractivity contribution in [1.29, 1.82) is 0 Å². The Bertz CT molecular complexity index is 632. The van der Waals surface area contributed by atoms with Crippen LogP contribution in [0, 0.1) is 6.92 Å². The minimum atomic E-state index is 0.644. The van der Waals surface area contributed by atoms with E-state index in [1.165, 1.54) is 0 Å². The Morgan fingerprint density at radius 1 is 1.15 bits per heavy atom. The minimum absolute atomic E-state index is 0.644. The molecule has 0 saturated carbocycles. The summed E-state index contributed by atoms with van der Waals surface area (Å²) in [4.78, 5) is 0. The fourth-order valence-electron chi connectivity index (χ4n) is 1.95. The van der Waals surface area contributed by atoms with Gasteiger partial charge in [-0.25, -0.2) is 0 Å². The van der Waals surface area contributed by atoms with E-state index in [1.807, 2.05) is 37.3 Å². The van der Waals surface area contributed by atoms with Crippen LogP contribution in [-0.4, -0.2) is 7.11 Å². The van der Waals surface area contributed by atoms with Gasteiger partial charge in [0, 0.05) is 20.5 Å². The first kappa shape index (κ1) is 15.7. The van der Waals surface area contributed by atoms with Crippen molar-refractivity contribution in [3.63, 3.8) is 0 Å². The molecule has 0 bridgehead atoms. The molecule has 0 spiro atoms. The Labute approximate surface area is 140 Å². The number of aryl methyl sites for hydroxylation is 1. The summed E-state index contributed by atoms with van der Waals surface area (Å²) in [5.41, 5.74) is 3.14. The van der Waals surface area contributed by atoms with Crippen LogP contribution in [0.25, 0.3) is 0 Å². The van der Waals surface area contributed by atoms with Crippen molar-refractivity contribution < 1.29 is 4.74 Å². The monoisotopic (exact) mass is 417 g/mol. The summed E-state index contributed by atoms with van der Waals surface area (Å²) in [6.45, 7) is 2.68. The molecule has 5 heteroatoms. The normalized spacial score (nSPS) is 10.4. The van der Waals surface area contributed by atoms with E-state index in [9.17, 15) is 0 Å². The van der Waals surface area contributed by atoms with Crippen LogP contribution in [0.1, 0.15) is 11.1 Å². The topological polar surface area (TPSA) is 21.3 Å². The number of anilines is 1. The molecule has 0 fully saturated rings. The maximum Gasteiger partial charge on any atom is 0.143 e. The van der Waals surface area contributed by atoms with Gasteiger partial charge >= 0.3 is 0 Å². The first-order valence-corrected chi connectivity index (χ1v) is 7.99. The van der Waals surface area contributed by atoms with Gasteiger partial charge in [0.15, 0.2) is 0 Å². The predicted molar refractivity (Wildman–Crippen MR) is 91.9 cm³/mol. The molecule has 0 heterocycles. The van der Waals surface area contributed by atoms with Crippen molar-refractivity contribution in [1.82, 2.24) is 0 Å². The quantitative estimate of drug-likeness (QED) is 0.677. The van der Waals surface area contributed by atoms with Gasteiger partial charge in [-0.3, -0.25) is 0 Å². The summed E-state index contributed by atoms with van der Waals surface area (Å²) in [6.07, 6.45) is 0. The van der Waals surface area contributed by atoms with Gasteiger partial charge in [0.1, 0.15) is 5.75 Å². The number of methoxy groups -OCH3 is 1. The lowest BCUT2D eigenvalue weighted by Crippen LogP contribution is -2.04. The number of ether oxygens (including phenoxy) is 1. The average molecular weight is 420 g/mol. The second-order valence-corrected chi connectivity index (χ2v) is 6.63. The molecule has 0 atom stereocenters. The summed E-state index contributed by atoms with van der Waals surface area (Å²) in [6, 6.07) is 9.87. The van der Waals surface area contributed by atoms with Crippen LogP contribution in [0.5, 0.6) is 5.75 Å². The first-order valence-electron chi connectivity index (χ1n) is 6.03. The van der Waals surface area contributed by atoms with Gasteiger partial charge in [-0.1, -0.05) is 49.5 Å². The largest absolute Gasteiger partial charge is 0.495 e. The molecule has 106 valence electrons. The van der Waals surface area contributed by atoms with E-state index in [2.05, 4.69) is 37.2 Å². The van der Waals surface area contributed by atoms with Crippen LogP contribution < -0.4 is 10.1 Å². The van der Waals surface area contributed by atoms with Crippen molar-refractivity contribution in [2.75, 3.05) is 12.4 Å². The second kappa shape index (κ2) is 6.83. The fraction of sp³-hybridized carbons (Fsp3) is 0.200. The van der Waals surface area contributed by atoms with E-state index in [-0.39, 0.29) is 0 Å². The van der Waals surface area contributed by atoms with Crippen molar-refractivity contribution in [3.05, 3.63) is 55.4 Å². The highest BCUT2D eigenvalue weighted by Gasteiger charge is 2.09. The van der Waals surface area contributed by atoms with Gasteiger partial charge in [-0.15, -0.1) is 0 Å². The van der Waals surface area contributed by atoms with Crippen molar-refractivity contribution in [2.24, 2.45) is 0 Å². The molecule has 0 aliphatic rings. The maximum absolute atomic E-state index is 6.23. The average Bonchev–Trinajstić information content (AvgIpc) is 2.38. The van der Waals surface area contributed by atoms with E-state index < -0.39 is 0 Å². The maximum atomic E-state index is 6.23. The molecule has 0 unspecified atom stereocenters. The molecule has 1 N–H and O–H groups in total. The van der Waals surface area contributed by atoms with E-state index in [1.54, 1.807) is 7.11 Å². The lowest BCUT2D eigenvalue weighted by Gasteiger charge is -2.15. The van der Waals surface area contributed by atoms with Gasteiger partial charge < -0.3 is 10.1 Å². The Kier molecular flexibility index (Phi) is 5.35. The molecule has 2 rings (SSSR count). The van der Waals surface area contributed by atoms with Gasteiger partial charge in [-0.2, -0.15) is 0 Å². The molecule has 0 radical (unpaired) electrons. The summed E-state index contributed by atoms with van der Waals surface area (Å²) in [7, 11) is 1.67. The Hall–Kier alpha value is -0.710. The van der Waals surface area contributed by atoms with Crippen molar-refractivity contribution >= 4 is 49.1 Å². The van der Waals surface area contributed by atoms with Crippen LogP contribution in [0.15, 0.2) is 39.3 Å². The van der Waals surface area contributed by atoms with E-state index in [4.69, 9.17) is 16.3 Å². The van der Waals surface area contributed by atoms with Gasteiger partial charge in [0.05, 0.1) is 12.8 Å². The third kappa shape index (κ3) is 3.68. The smallest absolute Gasteiger partial charge is 0.143 e. The van der Waals surface area contributed by atoms with E-state index in [0.717, 1.165) is 36.5 Å². The summed E-state index contributed by atoms with van der Waals surface area (Å²) >= 11 is 13.1. The number of hydrogen-bond acceptors (Lipinski definition) is 2. The number of rotatable bonds is 4. The molecular weight excluding hydrogens is 405 g/mol. The summed E-state index contributed by atoms with van der Waals surface area (Å²) < 4.78 is 7.39. The minimum Gasteiger partial charge on any atom is -0.495 e. The van der Waals surface area contributed by atoms with Crippen LogP contribution in [0.3, 0.4) is 0 Å². The van der Waals surface area contributed by atoms with Gasteiger partial charge in [0.2, 0.25) is 0 Å². The highest BCUT2D eigenvalue weighted by atomic mass is 79.9. The first-order chi connectivity index (χ1) is 9.51. The number of nitrogens with one attached hydrogen (secondary N) is 1. The molecule has 2 aromatic carbocycles. The molecule has 2 aromatic rings. The molecule has 0 aromatic heterocycles. The fourth-order valence-corrected chi connectivity index (χ4v) is 3.24. The molecule has 0 saturated heterocycles. The number of hydrogen-bond donors (Lipinski definition) is 1. The van der Waals surface area contributed by atoms with Crippen LogP contribution in [-0.2, 0) is 6.54 Å². The Morgan fingerprint density at radius 3 is 2.55 bits per heavy atom. The number of halogens is 3. The zero-order valence-corrected chi connectivity index (χ0v) is 15.1. The molecule has 0 aliphatic heterocycles. The predicted octanol–water partition coefficient (Wildman–Crippen LogP) is 5.79. The van der Waals surface area contributed by atoms with Crippen LogP contribution in [0.4, 0.5) is 5.69 Å². The van der Waals surface area contributed by atoms with E-state index in [0.29, 0.717) is 6.54 Å². The zero-order chi connectivity index (χ0) is 14.7. The summed E-state index contributed by atoms with van der Waals surface area (Å²) in [5, 5.41) is 4.13. The molecule has 0 aliphatic carbocycles.